The van der Waals surface area contributed by atoms with Gasteiger partial charge in [-0.15, -0.1) is 11.3 Å². The SMILES string of the molecule is NC(Nc1csc(C(F)(F)F)c1-c1ccccc1)=[N+]1CCCCC1. The average Bonchev–Trinajstić information content (AvgIpc) is 3.00. The van der Waals surface area contributed by atoms with Crippen LogP contribution in [0.2, 0.25) is 0 Å². The van der Waals surface area contributed by atoms with Crippen molar-refractivity contribution < 1.29 is 17.7 Å². The van der Waals surface area contributed by atoms with Crippen molar-refractivity contribution >= 4 is 23.0 Å². The zero-order valence-corrected chi connectivity index (χ0v) is 13.9. The lowest BCUT2D eigenvalue weighted by atomic mass is 10.0. The maximum atomic E-state index is 13.4. The molecule has 1 fully saturated rings. The molecule has 7 heteroatoms. The monoisotopic (exact) mass is 354 g/mol. The molecule has 0 bridgehead atoms. The maximum absolute atomic E-state index is 13.4. The molecular formula is C17H19F3N3S+. The van der Waals surface area contributed by atoms with Crippen molar-refractivity contribution in [3.63, 3.8) is 0 Å². The van der Waals surface area contributed by atoms with Crippen molar-refractivity contribution in [3.05, 3.63) is 40.6 Å². The van der Waals surface area contributed by atoms with Crippen LogP contribution in [0.3, 0.4) is 0 Å². The number of halogens is 3. The summed E-state index contributed by atoms with van der Waals surface area (Å²) in [5.74, 6) is 0.415. The van der Waals surface area contributed by atoms with Gasteiger partial charge >= 0.3 is 12.1 Å². The number of piperidine rings is 1. The van der Waals surface area contributed by atoms with Gasteiger partial charge in [0.05, 0.1) is 13.1 Å². The van der Waals surface area contributed by atoms with E-state index in [2.05, 4.69) is 5.32 Å². The lowest BCUT2D eigenvalue weighted by Gasteiger charge is -2.16. The quantitative estimate of drug-likeness (QED) is 0.622. The van der Waals surface area contributed by atoms with Crippen LogP contribution >= 0.6 is 11.3 Å². The minimum Gasteiger partial charge on any atom is -0.290 e. The Balaban J connectivity index is 2.01. The molecular weight excluding hydrogens is 335 g/mol. The van der Waals surface area contributed by atoms with Crippen LogP contribution in [-0.2, 0) is 6.18 Å². The first-order valence-electron chi connectivity index (χ1n) is 7.85. The van der Waals surface area contributed by atoms with Crippen molar-refractivity contribution in [1.29, 1.82) is 0 Å². The Kier molecular flexibility index (Phi) is 4.80. The minimum atomic E-state index is -4.39. The van der Waals surface area contributed by atoms with Crippen LogP contribution < -0.4 is 11.1 Å². The molecule has 0 unspecified atom stereocenters. The van der Waals surface area contributed by atoms with Gasteiger partial charge in [0.2, 0.25) is 0 Å². The van der Waals surface area contributed by atoms with Crippen LogP contribution in [-0.4, -0.2) is 23.6 Å². The predicted octanol–water partition coefficient (Wildman–Crippen LogP) is 4.36. The van der Waals surface area contributed by atoms with Crippen molar-refractivity contribution in [2.75, 3.05) is 18.4 Å². The lowest BCUT2D eigenvalue weighted by molar-refractivity contribution is -0.538. The largest absolute Gasteiger partial charge is 0.426 e. The molecule has 1 saturated heterocycles. The molecule has 3 nitrogen and oxygen atoms in total. The molecule has 3 rings (SSSR count). The second kappa shape index (κ2) is 6.84. The molecule has 0 aliphatic carbocycles. The predicted molar refractivity (Wildman–Crippen MR) is 91.4 cm³/mol. The first kappa shape index (κ1) is 16.8. The maximum Gasteiger partial charge on any atom is 0.426 e. The number of benzene rings is 1. The molecule has 128 valence electrons. The molecule has 0 radical (unpaired) electrons. The van der Waals surface area contributed by atoms with E-state index in [1.807, 2.05) is 4.58 Å². The second-order valence-electron chi connectivity index (χ2n) is 5.78. The Labute approximate surface area is 142 Å². The van der Waals surface area contributed by atoms with E-state index in [0.29, 0.717) is 28.5 Å². The summed E-state index contributed by atoms with van der Waals surface area (Å²) < 4.78 is 42.1. The number of thiophene rings is 1. The Morgan fingerprint density at radius 1 is 1.08 bits per heavy atom. The number of nitrogens with two attached hydrogens (primary N) is 1. The average molecular weight is 354 g/mol. The molecule has 3 N–H and O–H groups in total. The summed E-state index contributed by atoms with van der Waals surface area (Å²) in [4.78, 5) is -0.609. The van der Waals surface area contributed by atoms with Crippen molar-refractivity contribution in [2.24, 2.45) is 5.73 Å². The summed E-state index contributed by atoms with van der Waals surface area (Å²) in [5.41, 5.74) is 7.19. The van der Waals surface area contributed by atoms with Crippen LogP contribution in [0, 0.1) is 0 Å². The molecule has 1 aromatic heterocycles. The summed E-state index contributed by atoms with van der Waals surface area (Å²) in [7, 11) is 0. The zero-order chi connectivity index (χ0) is 17.2. The van der Waals surface area contributed by atoms with E-state index in [-0.39, 0.29) is 5.56 Å². The topological polar surface area (TPSA) is 41.1 Å². The summed E-state index contributed by atoms with van der Waals surface area (Å²) in [6.07, 6.45) is -1.14. The van der Waals surface area contributed by atoms with Gasteiger partial charge in [0, 0.05) is 10.9 Å². The van der Waals surface area contributed by atoms with Gasteiger partial charge in [-0.05, 0) is 24.8 Å². The normalized spacial score (nSPS) is 15.4. The van der Waals surface area contributed by atoms with Gasteiger partial charge in [0.25, 0.3) is 0 Å². The number of nitrogens with zero attached hydrogens (tertiary/aromatic N) is 1. The van der Waals surface area contributed by atoms with Crippen LogP contribution in [0.1, 0.15) is 24.1 Å². The number of guanidine groups is 1. The Hall–Kier alpha value is -2.02. The number of hydrogen-bond acceptors (Lipinski definition) is 1. The second-order valence-corrected chi connectivity index (χ2v) is 6.65. The smallest absolute Gasteiger partial charge is 0.290 e. The zero-order valence-electron chi connectivity index (χ0n) is 13.1. The van der Waals surface area contributed by atoms with E-state index in [1.54, 1.807) is 30.3 Å². The highest BCUT2D eigenvalue weighted by Crippen LogP contribution is 2.45. The van der Waals surface area contributed by atoms with E-state index in [1.165, 1.54) is 5.38 Å². The molecule has 0 atom stereocenters. The van der Waals surface area contributed by atoms with Crippen LogP contribution in [0.15, 0.2) is 35.7 Å². The fourth-order valence-corrected chi connectivity index (χ4v) is 3.79. The molecule has 2 aromatic rings. The van der Waals surface area contributed by atoms with Crippen molar-refractivity contribution in [2.45, 2.75) is 25.4 Å². The van der Waals surface area contributed by atoms with Crippen LogP contribution in [0.4, 0.5) is 18.9 Å². The molecule has 0 amide bonds. The molecule has 1 aliphatic heterocycles. The third-order valence-electron chi connectivity index (χ3n) is 4.07. The number of hydrogen-bond donors (Lipinski definition) is 2. The Bertz CT molecular complexity index is 727. The molecule has 24 heavy (non-hydrogen) atoms. The van der Waals surface area contributed by atoms with Gasteiger partial charge in [-0.1, -0.05) is 30.3 Å². The molecule has 2 heterocycles. The fourth-order valence-electron chi connectivity index (χ4n) is 2.90. The van der Waals surface area contributed by atoms with Crippen molar-refractivity contribution in [1.82, 2.24) is 0 Å². The molecule has 0 saturated carbocycles. The minimum absolute atomic E-state index is 0.160. The first-order chi connectivity index (χ1) is 11.5. The standard InChI is InChI=1S/C17H18F3N3S/c18-17(19,20)15-14(12-7-3-1-4-8-12)13(11-24-15)22-16(21)23-9-5-2-6-10-23/h1,3-4,7-8,11H,2,5-6,9-10H2,(H2,21,22)/p+1. The van der Waals surface area contributed by atoms with Gasteiger partial charge in [-0.3, -0.25) is 10.3 Å². The summed E-state index contributed by atoms with van der Waals surface area (Å²) in [5, 5.41) is 4.49. The first-order valence-corrected chi connectivity index (χ1v) is 8.73. The molecule has 0 spiro atoms. The number of alkyl halides is 3. The van der Waals surface area contributed by atoms with Crippen molar-refractivity contribution in [3.8, 4) is 11.1 Å². The van der Waals surface area contributed by atoms with Gasteiger partial charge in [-0.2, -0.15) is 13.2 Å². The fraction of sp³-hybridized carbons (Fsp3) is 0.353. The van der Waals surface area contributed by atoms with Crippen LogP contribution in [0.25, 0.3) is 11.1 Å². The summed E-state index contributed by atoms with van der Waals surface area (Å²) in [6.45, 7) is 1.66. The summed E-state index contributed by atoms with van der Waals surface area (Å²) in [6, 6.07) is 8.60. The number of rotatable bonds is 2. The lowest BCUT2D eigenvalue weighted by Crippen LogP contribution is -2.37. The summed E-state index contributed by atoms with van der Waals surface area (Å²) >= 11 is 0.692. The molecule has 1 aliphatic rings. The van der Waals surface area contributed by atoms with E-state index in [9.17, 15) is 13.2 Å². The third kappa shape index (κ3) is 3.56. The van der Waals surface area contributed by atoms with E-state index in [0.717, 1.165) is 32.4 Å². The van der Waals surface area contributed by atoms with E-state index >= 15 is 0 Å². The molecule has 1 aromatic carbocycles. The number of nitrogens with one attached hydrogen (secondary N) is 1. The van der Waals surface area contributed by atoms with Gasteiger partial charge in [0.15, 0.2) is 0 Å². The third-order valence-corrected chi connectivity index (χ3v) is 5.10. The Morgan fingerprint density at radius 2 is 1.75 bits per heavy atom. The Morgan fingerprint density at radius 3 is 2.38 bits per heavy atom. The highest BCUT2D eigenvalue weighted by molar-refractivity contribution is 7.11. The van der Waals surface area contributed by atoms with E-state index in [4.69, 9.17) is 5.73 Å². The van der Waals surface area contributed by atoms with Gasteiger partial charge < -0.3 is 0 Å². The number of anilines is 1. The van der Waals surface area contributed by atoms with Gasteiger partial charge in [-0.25, -0.2) is 5.32 Å². The van der Waals surface area contributed by atoms with Gasteiger partial charge in [0.1, 0.15) is 10.6 Å². The van der Waals surface area contributed by atoms with Crippen LogP contribution in [0.5, 0.6) is 0 Å². The highest BCUT2D eigenvalue weighted by Gasteiger charge is 2.37. The highest BCUT2D eigenvalue weighted by atomic mass is 32.1. The van der Waals surface area contributed by atoms with E-state index < -0.39 is 11.1 Å².